The second kappa shape index (κ2) is 6.63. The van der Waals surface area contributed by atoms with Gasteiger partial charge in [0.2, 0.25) is 0 Å². The van der Waals surface area contributed by atoms with Crippen molar-refractivity contribution >= 4 is 21.9 Å². The molecule has 0 spiro atoms. The smallest absolute Gasteiger partial charge is 0.136 e. The summed E-state index contributed by atoms with van der Waals surface area (Å²) in [4.78, 5) is 0. The number of para-hydroxylation sites is 1. The molecule has 0 aliphatic rings. The highest BCUT2D eigenvalue weighted by Crippen LogP contribution is 2.39. The number of rotatable bonds is 2. The number of hydrogen-bond acceptors (Lipinski definition) is 1. The van der Waals surface area contributed by atoms with Gasteiger partial charge in [-0.2, -0.15) is 0 Å². The van der Waals surface area contributed by atoms with Gasteiger partial charge in [-0.1, -0.05) is 93.6 Å². The van der Waals surface area contributed by atoms with Crippen LogP contribution in [-0.4, -0.2) is 0 Å². The molecule has 142 valence electrons. The lowest BCUT2D eigenvalue weighted by molar-refractivity contribution is 0.591. The summed E-state index contributed by atoms with van der Waals surface area (Å²) in [5, 5.41) is 2.36. The van der Waals surface area contributed by atoms with Crippen LogP contribution in [0.5, 0.6) is 0 Å². The summed E-state index contributed by atoms with van der Waals surface area (Å²) in [5.74, 6) is 0. The lowest BCUT2D eigenvalue weighted by Gasteiger charge is -2.22. The average Bonchev–Trinajstić information content (AvgIpc) is 3.12. The molecule has 1 aromatic heterocycles. The fourth-order valence-electron chi connectivity index (χ4n) is 4.03. The van der Waals surface area contributed by atoms with Crippen LogP contribution in [0.2, 0.25) is 0 Å². The van der Waals surface area contributed by atoms with E-state index in [1.807, 2.05) is 12.1 Å². The van der Waals surface area contributed by atoms with Crippen LogP contribution >= 0.6 is 0 Å². The van der Waals surface area contributed by atoms with Crippen molar-refractivity contribution in [1.29, 1.82) is 0 Å². The molecule has 5 rings (SSSR count). The van der Waals surface area contributed by atoms with Crippen LogP contribution in [0.4, 0.5) is 0 Å². The minimum absolute atomic E-state index is 0.0614. The Kier molecular flexibility index (Phi) is 4.06. The van der Waals surface area contributed by atoms with Crippen molar-refractivity contribution in [2.24, 2.45) is 0 Å². The third kappa shape index (κ3) is 3.13. The molecule has 0 saturated carbocycles. The van der Waals surface area contributed by atoms with E-state index in [1.165, 1.54) is 38.6 Å². The zero-order chi connectivity index (χ0) is 20.0. The van der Waals surface area contributed by atoms with Gasteiger partial charge in [-0.25, -0.2) is 0 Å². The second-order valence-corrected chi connectivity index (χ2v) is 8.69. The van der Waals surface area contributed by atoms with Crippen molar-refractivity contribution in [3.8, 4) is 22.3 Å². The quantitative estimate of drug-likeness (QED) is 0.302. The van der Waals surface area contributed by atoms with Gasteiger partial charge in [-0.05, 0) is 51.4 Å². The van der Waals surface area contributed by atoms with Gasteiger partial charge in [0.1, 0.15) is 11.2 Å². The average molecular weight is 376 g/mol. The van der Waals surface area contributed by atoms with E-state index in [2.05, 4.69) is 99.6 Å². The first-order chi connectivity index (χ1) is 14.0. The fraction of sp³-hybridized carbons (Fsp3) is 0.143. The Hall–Kier alpha value is -3.32. The van der Waals surface area contributed by atoms with Crippen LogP contribution in [0.25, 0.3) is 44.2 Å². The molecule has 1 heterocycles. The van der Waals surface area contributed by atoms with Gasteiger partial charge < -0.3 is 4.42 Å². The maximum atomic E-state index is 6.13. The first-order valence-electron chi connectivity index (χ1n) is 10.1. The van der Waals surface area contributed by atoms with E-state index in [0.29, 0.717) is 0 Å². The molecule has 0 radical (unpaired) electrons. The predicted molar refractivity (Wildman–Crippen MR) is 123 cm³/mol. The van der Waals surface area contributed by atoms with Gasteiger partial charge in [-0.3, -0.25) is 0 Å². The minimum atomic E-state index is 0.0614. The molecule has 0 aliphatic heterocycles. The van der Waals surface area contributed by atoms with E-state index in [0.717, 1.165) is 11.2 Å². The van der Waals surface area contributed by atoms with Crippen molar-refractivity contribution in [3.63, 3.8) is 0 Å². The molecule has 0 amide bonds. The van der Waals surface area contributed by atoms with Gasteiger partial charge in [0.05, 0.1) is 0 Å². The zero-order valence-electron chi connectivity index (χ0n) is 17.1. The Morgan fingerprint density at radius 1 is 0.586 bits per heavy atom. The molecule has 0 unspecified atom stereocenters. The fourth-order valence-corrected chi connectivity index (χ4v) is 4.03. The molecule has 4 aromatic carbocycles. The van der Waals surface area contributed by atoms with Gasteiger partial charge >= 0.3 is 0 Å². The summed E-state index contributed by atoms with van der Waals surface area (Å²) in [6.07, 6.45) is 0. The van der Waals surface area contributed by atoms with Gasteiger partial charge in [-0.15, -0.1) is 0 Å². The van der Waals surface area contributed by atoms with Crippen molar-refractivity contribution in [1.82, 2.24) is 0 Å². The molecule has 0 saturated heterocycles. The monoisotopic (exact) mass is 376 g/mol. The normalized spacial score (nSPS) is 12.0. The maximum Gasteiger partial charge on any atom is 0.136 e. The summed E-state index contributed by atoms with van der Waals surface area (Å²) >= 11 is 0. The van der Waals surface area contributed by atoms with Crippen molar-refractivity contribution in [2.75, 3.05) is 0 Å². The van der Waals surface area contributed by atoms with E-state index < -0.39 is 0 Å². The summed E-state index contributed by atoms with van der Waals surface area (Å²) in [6, 6.07) is 32.2. The van der Waals surface area contributed by atoms with E-state index >= 15 is 0 Å². The Labute approximate surface area is 171 Å². The molecule has 1 heteroatoms. The standard InChI is InChI=1S/C28H24O/c1-28(2,3)22-17-20(19-10-5-4-6-11-19)16-21(18-22)23-13-9-15-26-27(23)24-12-7-8-14-25(24)29-26/h4-18H,1-3H3. The van der Waals surface area contributed by atoms with Gasteiger partial charge in [0.15, 0.2) is 0 Å². The van der Waals surface area contributed by atoms with Crippen molar-refractivity contribution in [2.45, 2.75) is 26.2 Å². The zero-order valence-corrected chi connectivity index (χ0v) is 17.1. The van der Waals surface area contributed by atoms with Crippen LogP contribution in [0, 0.1) is 0 Å². The van der Waals surface area contributed by atoms with E-state index in [-0.39, 0.29) is 5.41 Å². The van der Waals surface area contributed by atoms with Crippen LogP contribution in [0.3, 0.4) is 0 Å². The van der Waals surface area contributed by atoms with Crippen LogP contribution < -0.4 is 0 Å². The SMILES string of the molecule is CC(C)(C)c1cc(-c2ccccc2)cc(-c2cccc3oc4ccccc4c23)c1. The van der Waals surface area contributed by atoms with Gasteiger partial charge in [0, 0.05) is 10.8 Å². The number of furan rings is 1. The third-order valence-corrected chi connectivity index (χ3v) is 5.62. The van der Waals surface area contributed by atoms with Gasteiger partial charge in [0.25, 0.3) is 0 Å². The number of benzene rings is 4. The molecule has 5 aromatic rings. The molecule has 0 fully saturated rings. The molecule has 0 N–H and O–H groups in total. The highest BCUT2D eigenvalue weighted by molar-refractivity contribution is 6.12. The number of hydrogen-bond donors (Lipinski definition) is 0. The summed E-state index contributed by atoms with van der Waals surface area (Å²) in [7, 11) is 0. The molecule has 0 bridgehead atoms. The first kappa shape index (κ1) is 17.8. The molecule has 29 heavy (non-hydrogen) atoms. The van der Waals surface area contributed by atoms with E-state index in [1.54, 1.807) is 0 Å². The molecular weight excluding hydrogens is 352 g/mol. The van der Waals surface area contributed by atoms with Crippen LogP contribution in [0.15, 0.2) is 95.4 Å². The Balaban J connectivity index is 1.82. The molecule has 0 atom stereocenters. The predicted octanol–water partition coefficient (Wildman–Crippen LogP) is 8.22. The highest BCUT2D eigenvalue weighted by Gasteiger charge is 2.18. The minimum Gasteiger partial charge on any atom is -0.456 e. The topological polar surface area (TPSA) is 13.1 Å². The number of fused-ring (bicyclic) bond motifs is 3. The Morgan fingerprint density at radius 3 is 2.07 bits per heavy atom. The van der Waals surface area contributed by atoms with E-state index in [9.17, 15) is 0 Å². The highest BCUT2D eigenvalue weighted by atomic mass is 16.3. The lowest BCUT2D eigenvalue weighted by atomic mass is 9.83. The summed E-state index contributed by atoms with van der Waals surface area (Å²) < 4.78 is 6.13. The van der Waals surface area contributed by atoms with E-state index in [4.69, 9.17) is 4.42 Å². The lowest BCUT2D eigenvalue weighted by Crippen LogP contribution is -2.11. The van der Waals surface area contributed by atoms with Crippen LogP contribution in [0.1, 0.15) is 26.3 Å². The molecular formula is C28H24O. The molecule has 0 aliphatic carbocycles. The first-order valence-corrected chi connectivity index (χ1v) is 10.1. The van der Waals surface area contributed by atoms with Crippen LogP contribution in [-0.2, 0) is 5.41 Å². The third-order valence-electron chi connectivity index (χ3n) is 5.62. The maximum absolute atomic E-state index is 6.13. The van der Waals surface area contributed by atoms with Crippen molar-refractivity contribution in [3.05, 3.63) is 96.6 Å². The molecule has 1 nitrogen and oxygen atoms in total. The van der Waals surface area contributed by atoms with Crippen molar-refractivity contribution < 1.29 is 4.42 Å². The largest absolute Gasteiger partial charge is 0.456 e. The summed E-state index contributed by atoms with van der Waals surface area (Å²) in [6.45, 7) is 6.82. The Bertz CT molecular complexity index is 1320. The Morgan fingerprint density at radius 2 is 1.28 bits per heavy atom. The summed E-state index contributed by atoms with van der Waals surface area (Å²) in [5.41, 5.74) is 8.20. The second-order valence-electron chi connectivity index (χ2n) is 8.69.